The molecule has 4 aliphatic rings. The molecule has 0 bridgehead atoms. The molecular weight excluding hydrogens is 258 g/mol. The van der Waals surface area contributed by atoms with E-state index in [1.54, 1.807) is 0 Å². The third-order valence-electron chi connectivity index (χ3n) is 6.32. The van der Waals surface area contributed by atoms with Crippen LogP contribution in [0.2, 0.25) is 0 Å². The van der Waals surface area contributed by atoms with Gasteiger partial charge in [-0.2, -0.15) is 0 Å². The van der Waals surface area contributed by atoms with Crippen LogP contribution < -0.4 is 5.32 Å². The molecule has 0 aromatic carbocycles. The van der Waals surface area contributed by atoms with Gasteiger partial charge in [0.2, 0.25) is 0 Å². The van der Waals surface area contributed by atoms with Crippen molar-refractivity contribution < 1.29 is 0 Å². The standard InChI is InChI=1S/C18H33N3/c1-2-4-17(3-1)21-13-11-20(12-14-21)10-9-19-18(15-5-6-15)16-7-8-16/h15-19H,1-14H2. The molecule has 1 aliphatic heterocycles. The summed E-state index contributed by atoms with van der Waals surface area (Å²) in [5, 5.41) is 3.90. The Morgan fingerprint density at radius 2 is 1.43 bits per heavy atom. The Kier molecular flexibility index (Phi) is 4.52. The highest BCUT2D eigenvalue weighted by atomic mass is 15.3. The van der Waals surface area contributed by atoms with Gasteiger partial charge in [-0.3, -0.25) is 9.80 Å². The van der Waals surface area contributed by atoms with E-state index in [4.69, 9.17) is 0 Å². The molecule has 120 valence electrons. The summed E-state index contributed by atoms with van der Waals surface area (Å²) < 4.78 is 0. The fourth-order valence-corrected chi connectivity index (χ4v) is 4.64. The highest BCUT2D eigenvalue weighted by Gasteiger charge is 2.40. The Labute approximate surface area is 130 Å². The van der Waals surface area contributed by atoms with Gasteiger partial charge in [0.1, 0.15) is 0 Å². The summed E-state index contributed by atoms with van der Waals surface area (Å²) in [6.07, 6.45) is 11.8. The average Bonchev–Trinajstić information content (AvgIpc) is 3.45. The maximum Gasteiger partial charge on any atom is 0.0124 e. The second kappa shape index (κ2) is 6.55. The quantitative estimate of drug-likeness (QED) is 0.776. The third kappa shape index (κ3) is 3.80. The molecule has 21 heavy (non-hydrogen) atoms. The van der Waals surface area contributed by atoms with Crippen molar-refractivity contribution in [3.63, 3.8) is 0 Å². The Morgan fingerprint density at radius 3 is 2.00 bits per heavy atom. The van der Waals surface area contributed by atoms with Crippen molar-refractivity contribution >= 4 is 0 Å². The van der Waals surface area contributed by atoms with Gasteiger partial charge >= 0.3 is 0 Å². The summed E-state index contributed by atoms with van der Waals surface area (Å²) in [5.41, 5.74) is 0. The van der Waals surface area contributed by atoms with Crippen LogP contribution in [0.15, 0.2) is 0 Å². The topological polar surface area (TPSA) is 18.5 Å². The average molecular weight is 291 g/mol. The molecule has 1 N–H and O–H groups in total. The molecular formula is C18H33N3. The minimum atomic E-state index is 0.879. The van der Waals surface area contributed by atoms with Gasteiger partial charge in [-0.25, -0.2) is 0 Å². The minimum Gasteiger partial charge on any atom is -0.312 e. The van der Waals surface area contributed by atoms with Gasteiger partial charge in [-0.05, 0) is 50.4 Å². The Balaban J connectivity index is 1.14. The molecule has 3 nitrogen and oxygen atoms in total. The number of hydrogen-bond acceptors (Lipinski definition) is 3. The van der Waals surface area contributed by atoms with E-state index in [0.717, 1.165) is 23.9 Å². The second-order valence-corrected chi connectivity index (χ2v) is 7.97. The molecule has 0 amide bonds. The zero-order valence-corrected chi connectivity index (χ0v) is 13.6. The van der Waals surface area contributed by atoms with Crippen LogP contribution in [0.25, 0.3) is 0 Å². The molecule has 3 saturated carbocycles. The van der Waals surface area contributed by atoms with Gasteiger partial charge < -0.3 is 5.32 Å². The summed E-state index contributed by atoms with van der Waals surface area (Å²) in [4.78, 5) is 5.46. The molecule has 3 aliphatic carbocycles. The van der Waals surface area contributed by atoms with Crippen LogP contribution in [-0.2, 0) is 0 Å². The van der Waals surface area contributed by atoms with E-state index >= 15 is 0 Å². The number of hydrogen-bond donors (Lipinski definition) is 1. The first-order valence-corrected chi connectivity index (χ1v) is 9.60. The minimum absolute atomic E-state index is 0.879. The molecule has 0 aromatic heterocycles. The summed E-state index contributed by atoms with van der Waals surface area (Å²) in [6, 6.07) is 1.81. The van der Waals surface area contributed by atoms with E-state index in [1.807, 2.05) is 0 Å². The van der Waals surface area contributed by atoms with E-state index in [2.05, 4.69) is 15.1 Å². The van der Waals surface area contributed by atoms with E-state index in [9.17, 15) is 0 Å². The SMILES string of the molecule is C1CCC(N2CCN(CCNC(C3CC3)C3CC3)CC2)C1. The smallest absolute Gasteiger partial charge is 0.0124 e. The van der Waals surface area contributed by atoms with Crippen molar-refractivity contribution in [2.45, 2.75) is 63.5 Å². The number of nitrogens with one attached hydrogen (secondary N) is 1. The van der Waals surface area contributed by atoms with Gasteiger partial charge in [0, 0.05) is 51.4 Å². The van der Waals surface area contributed by atoms with Crippen LogP contribution in [0.5, 0.6) is 0 Å². The first kappa shape index (κ1) is 14.5. The molecule has 1 heterocycles. The van der Waals surface area contributed by atoms with E-state index in [1.165, 1.54) is 90.6 Å². The van der Waals surface area contributed by atoms with Crippen molar-refractivity contribution in [1.82, 2.24) is 15.1 Å². The molecule has 4 rings (SSSR count). The van der Waals surface area contributed by atoms with Gasteiger partial charge in [-0.1, -0.05) is 12.8 Å². The Hall–Kier alpha value is -0.120. The molecule has 3 heteroatoms. The molecule has 0 spiro atoms. The predicted molar refractivity (Wildman–Crippen MR) is 87.5 cm³/mol. The maximum absolute atomic E-state index is 3.90. The van der Waals surface area contributed by atoms with Crippen molar-refractivity contribution in [3.05, 3.63) is 0 Å². The maximum atomic E-state index is 3.90. The van der Waals surface area contributed by atoms with Gasteiger partial charge in [0.05, 0.1) is 0 Å². The van der Waals surface area contributed by atoms with E-state index < -0.39 is 0 Å². The predicted octanol–water partition coefficient (Wildman–Crippen LogP) is 2.32. The number of rotatable bonds is 7. The van der Waals surface area contributed by atoms with Crippen molar-refractivity contribution in [2.24, 2.45) is 11.8 Å². The number of piperazine rings is 1. The van der Waals surface area contributed by atoms with E-state index in [0.29, 0.717) is 0 Å². The van der Waals surface area contributed by atoms with Gasteiger partial charge in [0.25, 0.3) is 0 Å². The van der Waals surface area contributed by atoms with Crippen LogP contribution in [0.3, 0.4) is 0 Å². The molecule has 0 unspecified atom stereocenters. The van der Waals surface area contributed by atoms with Crippen LogP contribution in [0, 0.1) is 11.8 Å². The van der Waals surface area contributed by atoms with Crippen LogP contribution in [0.4, 0.5) is 0 Å². The van der Waals surface area contributed by atoms with Crippen molar-refractivity contribution in [2.75, 3.05) is 39.3 Å². The molecule has 0 aromatic rings. The molecule has 0 atom stereocenters. The van der Waals surface area contributed by atoms with Crippen LogP contribution in [0.1, 0.15) is 51.4 Å². The fraction of sp³-hybridized carbons (Fsp3) is 1.00. The van der Waals surface area contributed by atoms with Crippen molar-refractivity contribution in [1.29, 1.82) is 0 Å². The van der Waals surface area contributed by atoms with Crippen LogP contribution >= 0.6 is 0 Å². The normalized spacial score (nSPS) is 29.6. The van der Waals surface area contributed by atoms with Gasteiger partial charge in [0.15, 0.2) is 0 Å². The zero-order chi connectivity index (χ0) is 14.1. The summed E-state index contributed by atoms with van der Waals surface area (Å²) in [6.45, 7) is 7.74. The van der Waals surface area contributed by atoms with Gasteiger partial charge in [-0.15, -0.1) is 0 Å². The molecule has 4 fully saturated rings. The summed E-state index contributed by atoms with van der Waals surface area (Å²) >= 11 is 0. The lowest BCUT2D eigenvalue weighted by Gasteiger charge is -2.38. The Morgan fingerprint density at radius 1 is 0.810 bits per heavy atom. The van der Waals surface area contributed by atoms with Crippen LogP contribution in [-0.4, -0.2) is 61.2 Å². The number of nitrogens with zero attached hydrogens (tertiary/aromatic N) is 2. The molecule has 1 saturated heterocycles. The lowest BCUT2D eigenvalue weighted by Crippen LogP contribution is -2.51. The fourth-order valence-electron chi connectivity index (χ4n) is 4.64. The lowest BCUT2D eigenvalue weighted by atomic mass is 10.1. The first-order valence-electron chi connectivity index (χ1n) is 9.60. The highest BCUT2D eigenvalue weighted by Crippen LogP contribution is 2.44. The second-order valence-electron chi connectivity index (χ2n) is 7.97. The lowest BCUT2D eigenvalue weighted by molar-refractivity contribution is 0.0975. The Bertz CT molecular complexity index is 311. The zero-order valence-electron chi connectivity index (χ0n) is 13.6. The monoisotopic (exact) mass is 291 g/mol. The first-order chi connectivity index (χ1) is 10.4. The summed E-state index contributed by atoms with van der Waals surface area (Å²) in [7, 11) is 0. The highest BCUT2D eigenvalue weighted by molar-refractivity contribution is 4.96. The largest absolute Gasteiger partial charge is 0.312 e. The summed E-state index contributed by atoms with van der Waals surface area (Å²) in [5.74, 6) is 2.08. The molecule has 0 radical (unpaired) electrons. The van der Waals surface area contributed by atoms with E-state index in [-0.39, 0.29) is 0 Å². The third-order valence-corrected chi connectivity index (χ3v) is 6.32. The van der Waals surface area contributed by atoms with Crippen molar-refractivity contribution in [3.8, 4) is 0 Å².